The van der Waals surface area contributed by atoms with Crippen LogP contribution in [0.2, 0.25) is 0 Å². The Bertz CT molecular complexity index is 906. The van der Waals surface area contributed by atoms with E-state index in [1.54, 1.807) is 25.3 Å². The van der Waals surface area contributed by atoms with E-state index in [0.717, 1.165) is 4.68 Å². The number of benzene rings is 1. The first-order chi connectivity index (χ1) is 12.6. The van der Waals surface area contributed by atoms with Crippen LogP contribution in [-0.2, 0) is 17.9 Å². The first-order valence-corrected chi connectivity index (χ1v) is 7.44. The van der Waals surface area contributed by atoms with Crippen molar-refractivity contribution in [2.45, 2.75) is 13.1 Å². The predicted molar refractivity (Wildman–Crippen MR) is 86.9 cm³/mol. The first kappa shape index (κ1) is 17.1. The number of aromatic nitrogens is 6. The van der Waals surface area contributed by atoms with Crippen LogP contribution in [0.3, 0.4) is 0 Å². The molecule has 12 nitrogen and oxygen atoms in total. The number of methoxy groups -OCH3 is 2. The summed E-state index contributed by atoms with van der Waals surface area (Å²) in [7, 11) is 3.09. The van der Waals surface area contributed by atoms with Crippen LogP contribution >= 0.6 is 0 Å². The molecular weight excluding hydrogens is 344 g/mol. The largest absolute Gasteiger partial charge is 0.493 e. The molecule has 0 aliphatic carbocycles. The standard InChI is InChI=1S/C14H16N8O4/c1-24-9-4-3-8(5-10(9)25-2)13-17-12(26-19-13)6-16-11(23)7-22-14(15)18-20-21-22/h3-5H,6-7H2,1-2H3,(H,16,23)(H2,15,18,21). The highest BCUT2D eigenvalue weighted by atomic mass is 16.5. The van der Waals surface area contributed by atoms with Gasteiger partial charge in [0.1, 0.15) is 6.54 Å². The average molecular weight is 360 g/mol. The van der Waals surface area contributed by atoms with Gasteiger partial charge in [-0.3, -0.25) is 4.79 Å². The molecule has 1 aromatic carbocycles. The van der Waals surface area contributed by atoms with Crippen LogP contribution in [0.25, 0.3) is 11.4 Å². The van der Waals surface area contributed by atoms with Crippen molar-refractivity contribution in [3.8, 4) is 22.9 Å². The number of nitrogen functional groups attached to an aromatic ring is 1. The molecule has 0 aliphatic heterocycles. The van der Waals surface area contributed by atoms with E-state index in [0.29, 0.717) is 22.9 Å². The number of nitrogens with zero attached hydrogens (tertiary/aromatic N) is 6. The normalized spacial score (nSPS) is 10.5. The zero-order valence-electron chi connectivity index (χ0n) is 14.0. The maximum Gasteiger partial charge on any atom is 0.246 e. The third-order valence-corrected chi connectivity index (χ3v) is 3.40. The summed E-state index contributed by atoms with van der Waals surface area (Å²) in [6.45, 7) is -0.0589. The van der Waals surface area contributed by atoms with Gasteiger partial charge in [0, 0.05) is 5.56 Å². The minimum Gasteiger partial charge on any atom is -0.493 e. The van der Waals surface area contributed by atoms with Crippen molar-refractivity contribution in [3.63, 3.8) is 0 Å². The quantitative estimate of drug-likeness (QED) is 0.570. The Morgan fingerprint density at radius 3 is 2.81 bits per heavy atom. The maximum absolute atomic E-state index is 11.9. The number of amides is 1. The highest BCUT2D eigenvalue weighted by Gasteiger charge is 2.13. The van der Waals surface area contributed by atoms with Crippen LogP contribution in [0.4, 0.5) is 5.95 Å². The van der Waals surface area contributed by atoms with Crippen LogP contribution in [0.1, 0.15) is 5.89 Å². The zero-order valence-corrected chi connectivity index (χ0v) is 14.0. The van der Waals surface area contributed by atoms with Crippen molar-refractivity contribution in [2.75, 3.05) is 20.0 Å². The Morgan fingerprint density at radius 2 is 2.12 bits per heavy atom. The number of nitrogens with one attached hydrogen (secondary N) is 1. The second-order valence-corrected chi connectivity index (χ2v) is 5.05. The van der Waals surface area contributed by atoms with Crippen LogP contribution in [0.5, 0.6) is 11.5 Å². The molecular formula is C14H16N8O4. The molecule has 2 aromatic heterocycles. The van der Waals surface area contributed by atoms with Gasteiger partial charge < -0.3 is 25.0 Å². The van der Waals surface area contributed by atoms with E-state index in [-0.39, 0.29) is 30.8 Å². The van der Waals surface area contributed by atoms with E-state index in [1.807, 2.05) is 0 Å². The Balaban J connectivity index is 1.63. The minimum absolute atomic E-state index is 0.0497. The highest BCUT2D eigenvalue weighted by molar-refractivity contribution is 5.75. The van der Waals surface area contributed by atoms with E-state index in [2.05, 4.69) is 31.0 Å². The number of ether oxygens (including phenoxy) is 2. The molecule has 26 heavy (non-hydrogen) atoms. The van der Waals surface area contributed by atoms with E-state index in [9.17, 15) is 4.79 Å². The number of tetrazole rings is 1. The summed E-state index contributed by atoms with van der Waals surface area (Å²) in [5.74, 6) is 1.44. The Hall–Kier alpha value is -3.70. The monoisotopic (exact) mass is 360 g/mol. The smallest absolute Gasteiger partial charge is 0.246 e. The molecule has 0 fully saturated rings. The van der Waals surface area contributed by atoms with Crippen molar-refractivity contribution in [1.29, 1.82) is 0 Å². The highest BCUT2D eigenvalue weighted by Crippen LogP contribution is 2.31. The number of nitrogens with two attached hydrogens (primary N) is 1. The van der Waals surface area contributed by atoms with Crippen molar-refractivity contribution in [3.05, 3.63) is 24.1 Å². The van der Waals surface area contributed by atoms with Gasteiger partial charge in [0.15, 0.2) is 11.5 Å². The molecule has 3 rings (SSSR count). The van der Waals surface area contributed by atoms with Crippen molar-refractivity contribution >= 4 is 11.9 Å². The zero-order chi connectivity index (χ0) is 18.5. The van der Waals surface area contributed by atoms with Gasteiger partial charge in [0.2, 0.25) is 23.6 Å². The van der Waals surface area contributed by atoms with Gasteiger partial charge in [-0.25, -0.2) is 4.68 Å². The molecule has 0 atom stereocenters. The number of hydrogen-bond acceptors (Lipinski definition) is 10. The van der Waals surface area contributed by atoms with Gasteiger partial charge >= 0.3 is 0 Å². The molecule has 0 unspecified atom stereocenters. The fourth-order valence-corrected chi connectivity index (χ4v) is 2.11. The number of anilines is 1. The molecule has 0 saturated heterocycles. The summed E-state index contributed by atoms with van der Waals surface area (Å²) in [6.07, 6.45) is 0. The lowest BCUT2D eigenvalue weighted by Gasteiger charge is -2.07. The van der Waals surface area contributed by atoms with Gasteiger partial charge in [0.05, 0.1) is 20.8 Å². The van der Waals surface area contributed by atoms with Crippen molar-refractivity contribution < 1.29 is 18.8 Å². The van der Waals surface area contributed by atoms with Gasteiger partial charge in [-0.15, -0.1) is 0 Å². The molecule has 12 heteroatoms. The summed E-state index contributed by atoms with van der Waals surface area (Å²) in [5.41, 5.74) is 6.18. The lowest BCUT2D eigenvalue weighted by molar-refractivity contribution is -0.122. The van der Waals surface area contributed by atoms with Crippen LogP contribution < -0.4 is 20.5 Å². The minimum atomic E-state index is -0.352. The second kappa shape index (κ2) is 7.46. The molecule has 3 N–H and O–H groups in total. The maximum atomic E-state index is 11.9. The Morgan fingerprint density at radius 1 is 1.31 bits per heavy atom. The molecule has 0 aliphatic rings. The predicted octanol–water partition coefficient (Wildman–Crippen LogP) is -0.361. The summed E-state index contributed by atoms with van der Waals surface area (Å²) in [6, 6.07) is 5.24. The molecule has 136 valence electrons. The second-order valence-electron chi connectivity index (χ2n) is 5.05. The van der Waals surface area contributed by atoms with Gasteiger partial charge in [-0.05, 0) is 28.6 Å². The van der Waals surface area contributed by atoms with E-state index in [1.165, 1.54) is 7.11 Å². The van der Waals surface area contributed by atoms with E-state index in [4.69, 9.17) is 19.7 Å². The SMILES string of the molecule is COc1ccc(-c2noc(CNC(=O)Cn3nnnc3N)n2)cc1OC. The van der Waals surface area contributed by atoms with E-state index < -0.39 is 0 Å². The van der Waals surface area contributed by atoms with Gasteiger partial charge in [-0.2, -0.15) is 4.98 Å². The summed E-state index contributed by atoms with van der Waals surface area (Å²) >= 11 is 0. The molecule has 3 aromatic rings. The fraction of sp³-hybridized carbons (Fsp3) is 0.286. The van der Waals surface area contributed by atoms with Gasteiger partial charge in [-0.1, -0.05) is 10.3 Å². The average Bonchev–Trinajstić information content (AvgIpc) is 3.29. The lowest BCUT2D eigenvalue weighted by Crippen LogP contribution is -2.28. The van der Waals surface area contributed by atoms with E-state index >= 15 is 0 Å². The van der Waals surface area contributed by atoms with Crippen molar-refractivity contribution in [1.82, 2.24) is 35.7 Å². The van der Waals surface area contributed by atoms with Crippen LogP contribution in [-0.4, -0.2) is 50.5 Å². The summed E-state index contributed by atoms with van der Waals surface area (Å²) in [4.78, 5) is 16.1. The molecule has 0 spiro atoms. The molecule has 0 radical (unpaired) electrons. The number of carbonyl (C=O) groups excluding carboxylic acids is 1. The molecule has 0 saturated carbocycles. The fourth-order valence-electron chi connectivity index (χ4n) is 2.11. The number of carbonyl (C=O) groups is 1. The Kier molecular flexibility index (Phi) is 4.92. The van der Waals surface area contributed by atoms with Crippen LogP contribution in [0, 0.1) is 0 Å². The third-order valence-electron chi connectivity index (χ3n) is 3.40. The first-order valence-electron chi connectivity index (χ1n) is 7.44. The lowest BCUT2D eigenvalue weighted by atomic mass is 10.2. The molecule has 0 bridgehead atoms. The summed E-state index contributed by atoms with van der Waals surface area (Å²) < 4.78 is 16.7. The molecule has 1 amide bonds. The van der Waals surface area contributed by atoms with Gasteiger partial charge in [0.25, 0.3) is 0 Å². The van der Waals surface area contributed by atoms with Crippen molar-refractivity contribution in [2.24, 2.45) is 0 Å². The summed E-state index contributed by atoms with van der Waals surface area (Å²) in [5, 5.41) is 16.9. The number of hydrogen-bond donors (Lipinski definition) is 2. The number of rotatable bonds is 7. The topological polar surface area (TPSA) is 156 Å². The van der Waals surface area contributed by atoms with Crippen LogP contribution in [0.15, 0.2) is 22.7 Å². The molecule has 2 heterocycles. The third kappa shape index (κ3) is 3.68. The Labute approximate surface area is 147 Å².